The number of halogens is 2. The average molecular weight is 410 g/mol. The van der Waals surface area contributed by atoms with Crippen molar-refractivity contribution < 1.29 is 0 Å². The summed E-state index contributed by atoms with van der Waals surface area (Å²) in [5.41, 5.74) is 5.41. The van der Waals surface area contributed by atoms with E-state index in [9.17, 15) is 0 Å². The maximum absolute atomic E-state index is 4.44. The van der Waals surface area contributed by atoms with Crippen LogP contribution in [0.2, 0.25) is 0 Å². The third-order valence-corrected chi connectivity index (χ3v) is 5.03. The van der Waals surface area contributed by atoms with Crippen LogP contribution in [0, 0.1) is 0 Å². The first kappa shape index (κ1) is 20.6. The van der Waals surface area contributed by atoms with Crippen molar-refractivity contribution in [3.8, 4) is 0 Å². The molecule has 1 aliphatic heterocycles. The number of anilines is 1. The van der Waals surface area contributed by atoms with Crippen LogP contribution in [0.5, 0.6) is 0 Å². The Balaban J connectivity index is 0.00000121. The summed E-state index contributed by atoms with van der Waals surface area (Å²) in [6, 6.07) is 4.03. The molecule has 1 aliphatic rings. The summed E-state index contributed by atoms with van der Waals surface area (Å²) < 4.78 is 0. The van der Waals surface area contributed by atoms with Gasteiger partial charge in [-0.25, -0.2) is 9.97 Å². The smallest absolute Gasteiger partial charge is 0.222 e. The second-order valence-electron chi connectivity index (χ2n) is 5.95. The van der Waals surface area contributed by atoms with Crippen molar-refractivity contribution in [1.29, 1.82) is 0 Å². The molecule has 0 bridgehead atoms. The molecule has 138 valence electrons. The van der Waals surface area contributed by atoms with Crippen molar-refractivity contribution in [2.24, 2.45) is 0 Å². The number of nitrogens with zero attached hydrogens (tertiary/aromatic N) is 4. The van der Waals surface area contributed by atoms with Crippen molar-refractivity contribution in [2.45, 2.75) is 26.1 Å². The van der Waals surface area contributed by atoms with E-state index in [1.54, 1.807) is 23.7 Å². The van der Waals surface area contributed by atoms with Crippen molar-refractivity contribution >= 4 is 42.1 Å². The lowest BCUT2D eigenvalue weighted by Gasteiger charge is -2.29. The third-order valence-electron chi connectivity index (χ3n) is 4.30. The molecule has 5 nitrogen and oxygen atoms in total. The fourth-order valence-electron chi connectivity index (χ4n) is 3.12. The zero-order chi connectivity index (χ0) is 16.2. The molecule has 1 N–H and O–H groups in total. The Bertz CT molecular complexity index is 799. The molecule has 26 heavy (non-hydrogen) atoms. The summed E-state index contributed by atoms with van der Waals surface area (Å²) in [6.07, 6.45) is 8.53. The lowest BCUT2D eigenvalue weighted by Crippen LogP contribution is -2.31. The van der Waals surface area contributed by atoms with E-state index >= 15 is 0 Å². The Hall–Kier alpha value is -1.73. The minimum Gasteiger partial charge on any atom is -0.350 e. The van der Waals surface area contributed by atoms with Crippen LogP contribution in [0.15, 0.2) is 47.7 Å². The summed E-state index contributed by atoms with van der Waals surface area (Å²) in [6.45, 7) is 3.78. The number of rotatable bonds is 5. The van der Waals surface area contributed by atoms with Crippen LogP contribution in [0.1, 0.15) is 22.3 Å². The fourth-order valence-corrected chi connectivity index (χ4v) is 3.78. The molecule has 0 aliphatic carbocycles. The zero-order valence-corrected chi connectivity index (χ0v) is 16.6. The first-order valence-corrected chi connectivity index (χ1v) is 9.02. The highest BCUT2D eigenvalue weighted by atomic mass is 35.5. The van der Waals surface area contributed by atoms with Crippen LogP contribution in [0.4, 0.5) is 5.95 Å². The molecule has 4 rings (SSSR count). The third kappa shape index (κ3) is 4.92. The number of hydrogen-bond donors (Lipinski definition) is 1. The highest BCUT2D eigenvalue weighted by Gasteiger charge is 2.19. The van der Waals surface area contributed by atoms with Gasteiger partial charge in [-0.15, -0.1) is 24.8 Å². The Morgan fingerprint density at radius 3 is 2.77 bits per heavy atom. The van der Waals surface area contributed by atoms with Crippen LogP contribution < -0.4 is 5.32 Å². The summed E-state index contributed by atoms with van der Waals surface area (Å²) in [5, 5.41) is 7.66. The van der Waals surface area contributed by atoms with Crippen molar-refractivity contribution in [3.63, 3.8) is 0 Å². The monoisotopic (exact) mass is 409 g/mol. The maximum Gasteiger partial charge on any atom is 0.222 e. The molecule has 0 atom stereocenters. The number of pyridine rings is 1. The van der Waals surface area contributed by atoms with Gasteiger partial charge >= 0.3 is 0 Å². The van der Waals surface area contributed by atoms with Crippen molar-refractivity contribution in [2.75, 3.05) is 11.9 Å². The van der Waals surface area contributed by atoms with E-state index in [-0.39, 0.29) is 24.8 Å². The van der Waals surface area contributed by atoms with E-state index in [4.69, 9.17) is 0 Å². The Labute approximate surface area is 169 Å². The molecule has 8 heteroatoms. The summed E-state index contributed by atoms with van der Waals surface area (Å²) in [5.74, 6) is 0.657. The summed E-state index contributed by atoms with van der Waals surface area (Å²) in [7, 11) is 0. The quantitative estimate of drug-likeness (QED) is 0.691. The molecular weight excluding hydrogens is 389 g/mol. The Morgan fingerprint density at radius 1 is 1.15 bits per heavy atom. The molecule has 4 heterocycles. The molecular formula is C18H21Cl2N5S. The van der Waals surface area contributed by atoms with Gasteiger partial charge < -0.3 is 5.32 Å². The van der Waals surface area contributed by atoms with E-state index in [2.05, 4.69) is 42.0 Å². The SMILES string of the molecule is Cl.Cl.c1cnc(NCc2cncc3c2CCN(Cc2ccsc2)C3)nc1. The zero-order valence-electron chi connectivity index (χ0n) is 14.2. The van der Waals surface area contributed by atoms with Gasteiger partial charge in [-0.1, -0.05) is 0 Å². The van der Waals surface area contributed by atoms with Crippen molar-refractivity contribution in [1.82, 2.24) is 19.9 Å². The van der Waals surface area contributed by atoms with Crippen molar-refractivity contribution in [3.05, 3.63) is 69.9 Å². The van der Waals surface area contributed by atoms with Gasteiger partial charge in [0, 0.05) is 51.0 Å². The van der Waals surface area contributed by atoms with Crippen LogP contribution in [-0.4, -0.2) is 26.4 Å². The van der Waals surface area contributed by atoms with Gasteiger partial charge in [-0.3, -0.25) is 9.88 Å². The molecule has 0 amide bonds. The van der Waals surface area contributed by atoms with Crippen LogP contribution in [-0.2, 0) is 26.1 Å². The van der Waals surface area contributed by atoms with Gasteiger partial charge in [0.25, 0.3) is 0 Å². The number of aromatic nitrogens is 3. The predicted octanol–water partition coefficient (Wildman–Crippen LogP) is 3.95. The first-order valence-electron chi connectivity index (χ1n) is 8.07. The van der Waals surface area contributed by atoms with E-state index in [1.807, 2.05) is 18.5 Å². The molecule has 0 aromatic carbocycles. The molecule has 0 saturated carbocycles. The largest absolute Gasteiger partial charge is 0.350 e. The number of nitrogens with one attached hydrogen (secondary N) is 1. The van der Waals surface area contributed by atoms with E-state index in [1.165, 1.54) is 22.3 Å². The molecule has 0 saturated heterocycles. The fraction of sp³-hybridized carbons (Fsp3) is 0.278. The molecule has 0 fully saturated rings. The second kappa shape index (κ2) is 9.83. The lowest BCUT2D eigenvalue weighted by molar-refractivity contribution is 0.245. The highest BCUT2D eigenvalue weighted by molar-refractivity contribution is 7.07. The van der Waals surface area contributed by atoms with Crippen LogP contribution in [0.25, 0.3) is 0 Å². The predicted molar refractivity (Wildman–Crippen MR) is 110 cm³/mol. The van der Waals surface area contributed by atoms with E-state index in [0.29, 0.717) is 12.5 Å². The second-order valence-corrected chi connectivity index (χ2v) is 6.73. The maximum atomic E-state index is 4.44. The van der Waals surface area contributed by atoms with Gasteiger partial charge in [0.1, 0.15) is 0 Å². The minimum absolute atomic E-state index is 0. The number of fused-ring (bicyclic) bond motifs is 1. The Kier molecular flexibility index (Phi) is 7.78. The summed E-state index contributed by atoms with van der Waals surface area (Å²) >= 11 is 1.76. The lowest BCUT2D eigenvalue weighted by atomic mass is 9.97. The van der Waals surface area contributed by atoms with E-state index < -0.39 is 0 Å². The topological polar surface area (TPSA) is 53.9 Å². The average Bonchev–Trinajstić information content (AvgIpc) is 3.13. The number of hydrogen-bond acceptors (Lipinski definition) is 6. The Morgan fingerprint density at radius 2 is 2.00 bits per heavy atom. The number of thiophene rings is 1. The first-order chi connectivity index (χ1) is 11.9. The molecule has 0 unspecified atom stereocenters. The van der Waals surface area contributed by atoms with Gasteiger partial charge in [0.15, 0.2) is 0 Å². The van der Waals surface area contributed by atoms with Gasteiger partial charge in [-0.2, -0.15) is 11.3 Å². The molecule has 0 spiro atoms. The summed E-state index contributed by atoms with van der Waals surface area (Å²) in [4.78, 5) is 15.3. The van der Waals surface area contributed by atoms with Crippen LogP contribution >= 0.6 is 36.2 Å². The highest BCUT2D eigenvalue weighted by Crippen LogP contribution is 2.23. The van der Waals surface area contributed by atoms with Gasteiger partial charge in [0.2, 0.25) is 5.95 Å². The molecule has 3 aromatic rings. The molecule has 3 aromatic heterocycles. The van der Waals surface area contributed by atoms with Gasteiger partial charge in [-0.05, 0) is 51.6 Å². The molecule has 0 radical (unpaired) electrons. The van der Waals surface area contributed by atoms with E-state index in [0.717, 1.165) is 26.1 Å². The normalized spacial score (nSPS) is 13.2. The van der Waals surface area contributed by atoms with Gasteiger partial charge in [0.05, 0.1) is 0 Å². The van der Waals surface area contributed by atoms with Crippen LogP contribution in [0.3, 0.4) is 0 Å². The minimum atomic E-state index is 0. The standard InChI is InChI=1S/C18H19N5S.2ClH/c1-4-20-18(21-5-1)22-10-15-8-19-9-16-12-23(6-2-17(15)16)11-14-3-7-24-13-14;;/h1,3-5,7-9,13H,2,6,10-12H2,(H,20,21,22);2*1H.